The smallest absolute Gasteiger partial charge is 0.0622 e. The summed E-state index contributed by atoms with van der Waals surface area (Å²) in [5, 5.41) is 15.3. The third-order valence-electron chi connectivity index (χ3n) is 15.4. The van der Waals surface area contributed by atoms with E-state index >= 15 is 0 Å². The van der Waals surface area contributed by atoms with Gasteiger partial charge in [0.2, 0.25) is 0 Å². The van der Waals surface area contributed by atoms with Crippen LogP contribution in [-0.2, 0) is 5.41 Å². The summed E-state index contributed by atoms with van der Waals surface area (Å²) in [6.45, 7) is 0. The first-order valence-corrected chi connectivity index (χ1v) is 23.5. The maximum Gasteiger partial charge on any atom is 0.0732 e. The fraction of sp³-hybridized carbons (Fsp3) is 0.0149. The van der Waals surface area contributed by atoms with Gasteiger partial charge in [0.05, 0.1) is 5.41 Å². The highest BCUT2D eigenvalue weighted by molar-refractivity contribution is 6.29. The molecule has 0 fully saturated rings. The maximum absolute atomic E-state index is 2.64. The van der Waals surface area contributed by atoms with Gasteiger partial charge < -0.3 is 0 Å². The zero-order chi connectivity index (χ0) is 43.8. The van der Waals surface area contributed by atoms with Crippen LogP contribution in [-0.4, -0.2) is 0 Å². The monoisotopic (exact) mass is 844 g/mol. The molecule has 2 aliphatic rings. The largest absolute Gasteiger partial charge is 0.0732 e. The summed E-state index contributed by atoms with van der Waals surface area (Å²) in [5.41, 5.74) is 17.8. The van der Waals surface area contributed by atoms with Crippen LogP contribution >= 0.6 is 0 Å². The minimum absolute atomic E-state index is 0.564. The number of hydrogen-bond acceptors (Lipinski definition) is 0. The second kappa shape index (κ2) is 13.7. The second-order valence-electron chi connectivity index (χ2n) is 18.5. The predicted molar refractivity (Wildman–Crippen MR) is 284 cm³/mol. The minimum Gasteiger partial charge on any atom is -0.0622 e. The van der Waals surface area contributed by atoms with Crippen molar-refractivity contribution in [1.29, 1.82) is 0 Å². The van der Waals surface area contributed by atoms with Gasteiger partial charge in [0.1, 0.15) is 0 Å². The van der Waals surface area contributed by atoms with Gasteiger partial charge in [-0.1, -0.05) is 237 Å². The first-order chi connectivity index (χ1) is 33.3. The Labute approximate surface area is 388 Å². The molecule has 0 unspecified atom stereocenters. The molecule has 15 rings (SSSR count). The average Bonchev–Trinajstić information content (AvgIpc) is 3.88. The molecule has 0 heteroatoms. The van der Waals surface area contributed by atoms with Crippen molar-refractivity contribution >= 4 is 64.6 Å². The minimum atomic E-state index is -0.564. The molecule has 0 heterocycles. The average molecular weight is 845 g/mol. The number of fused-ring (bicyclic) bond motifs is 20. The highest BCUT2D eigenvalue weighted by Gasteiger charge is 2.53. The summed E-state index contributed by atoms with van der Waals surface area (Å²) in [6, 6.07) is 91.5. The highest BCUT2D eigenvalue weighted by Crippen LogP contribution is 2.67. The van der Waals surface area contributed by atoms with Crippen LogP contribution in [0, 0.1) is 0 Å². The Morgan fingerprint density at radius 1 is 0.194 bits per heavy atom. The van der Waals surface area contributed by atoms with Crippen LogP contribution in [0.15, 0.2) is 243 Å². The summed E-state index contributed by atoms with van der Waals surface area (Å²) in [5.74, 6) is 0. The Morgan fingerprint density at radius 2 is 0.552 bits per heavy atom. The summed E-state index contributed by atoms with van der Waals surface area (Å²) in [7, 11) is 0. The van der Waals surface area contributed by atoms with Crippen LogP contribution < -0.4 is 0 Å². The fourth-order valence-corrected chi connectivity index (χ4v) is 13.0. The lowest BCUT2D eigenvalue weighted by atomic mass is 9.68. The van der Waals surface area contributed by atoms with Crippen LogP contribution in [0.5, 0.6) is 0 Å². The Balaban J connectivity index is 1.11. The van der Waals surface area contributed by atoms with Crippen molar-refractivity contribution < 1.29 is 0 Å². The van der Waals surface area contributed by atoms with E-state index in [4.69, 9.17) is 0 Å². The van der Waals surface area contributed by atoms with E-state index in [1.165, 1.54) is 143 Å². The number of benzene rings is 13. The molecule has 1 spiro atoms. The van der Waals surface area contributed by atoms with Gasteiger partial charge in [-0.25, -0.2) is 0 Å². The molecule has 0 atom stereocenters. The van der Waals surface area contributed by atoms with Crippen molar-refractivity contribution in [3.8, 4) is 55.6 Å². The molecule has 0 amide bonds. The third-order valence-corrected chi connectivity index (χ3v) is 15.4. The zero-order valence-corrected chi connectivity index (χ0v) is 36.6. The van der Waals surface area contributed by atoms with Crippen molar-refractivity contribution in [2.75, 3.05) is 0 Å². The lowest BCUT2D eigenvalue weighted by Crippen LogP contribution is -2.26. The standard InChI is InChI=1S/C67H40/c1-2-20-41(21-3-1)42-38-39-56(44-23-5-4-22-43(42)44)62-52-31-11-13-33-54(52)63(55-34-14-12-32-53(55)62)58-40-61-64(50-29-9-7-26-47(50)58)65-51-30-10-6-24-45(51)46-25-8-15-35-57(46)66(65)67(61)59-36-18-16-27-48(59)49-28-17-19-37-60(49)67/h1-40H. The van der Waals surface area contributed by atoms with Crippen molar-refractivity contribution in [3.63, 3.8) is 0 Å². The molecule has 0 saturated heterocycles. The van der Waals surface area contributed by atoms with Crippen LogP contribution in [0.1, 0.15) is 22.3 Å². The van der Waals surface area contributed by atoms with Crippen molar-refractivity contribution in [1.82, 2.24) is 0 Å². The Morgan fingerprint density at radius 3 is 1.10 bits per heavy atom. The van der Waals surface area contributed by atoms with E-state index < -0.39 is 5.41 Å². The molecule has 0 radical (unpaired) electrons. The molecule has 0 N–H and O–H groups in total. The zero-order valence-electron chi connectivity index (χ0n) is 36.6. The lowest BCUT2D eigenvalue weighted by Gasteiger charge is -2.32. The summed E-state index contributed by atoms with van der Waals surface area (Å²) >= 11 is 0. The summed E-state index contributed by atoms with van der Waals surface area (Å²) < 4.78 is 0. The molecule has 0 aromatic heterocycles. The molecule has 13 aromatic carbocycles. The van der Waals surface area contributed by atoms with Gasteiger partial charge in [-0.05, 0) is 149 Å². The van der Waals surface area contributed by atoms with Crippen LogP contribution in [0.3, 0.4) is 0 Å². The van der Waals surface area contributed by atoms with E-state index in [9.17, 15) is 0 Å². The lowest BCUT2D eigenvalue weighted by molar-refractivity contribution is 0.803. The number of hydrogen-bond donors (Lipinski definition) is 0. The molecule has 0 saturated carbocycles. The molecule has 13 aromatic rings. The van der Waals surface area contributed by atoms with E-state index in [2.05, 4.69) is 243 Å². The van der Waals surface area contributed by atoms with Crippen molar-refractivity contribution in [3.05, 3.63) is 265 Å². The molecule has 0 aliphatic heterocycles. The van der Waals surface area contributed by atoms with Gasteiger partial charge >= 0.3 is 0 Å². The van der Waals surface area contributed by atoms with E-state index in [0.717, 1.165) is 0 Å². The predicted octanol–water partition coefficient (Wildman–Crippen LogP) is 18.0. The van der Waals surface area contributed by atoms with Gasteiger partial charge in [0.15, 0.2) is 0 Å². The maximum atomic E-state index is 2.64. The fourth-order valence-electron chi connectivity index (χ4n) is 13.0. The van der Waals surface area contributed by atoms with Gasteiger partial charge in [0.25, 0.3) is 0 Å². The Kier molecular flexibility index (Phi) is 7.52. The topological polar surface area (TPSA) is 0 Å². The first kappa shape index (κ1) is 36.7. The quantitative estimate of drug-likeness (QED) is 0.123. The molecule has 2 aliphatic carbocycles. The van der Waals surface area contributed by atoms with Gasteiger partial charge in [0, 0.05) is 0 Å². The molecule has 0 nitrogen and oxygen atoms in total. The molecular weight excluding hydrogens is 805 g/mol. The van der Waals surface area contributed by atoms with Crippen molar-refractivity contribution in [2.45, 2.75) is 5.41 Å². The molecule has 67 heavy (non-hydrogen) atoms. The van der Waals surface area contributed by atoms with E-state index in [0.29, 0.717) is 0 Å². The highest BCUT2D eigenvalue weighted by atomic mass is 14.5. The van der Waals surface area contributed by atoms with Crippen LogP contribution in [0.4, 0.5) is 0 Å². The van der Waals surface area contributed by atoms with E-state index in [-0.39, 0.29) is 0 Å². The van der Waals surface area contributed by atoms with Crippen LogP contribution in [0.25, 0.3) is 120 Å². The Bertz CT molecular complexity index is 4160. The molecule has 308 valence electrons. The molecular formula is C67H40. The summed E-state index contributed by atoms with van der Waals surface area (Å²) in [4.78, 5) is 0. The number of rotatable bonds is 3. The second-order valence-corrected chi connectivity index (χ2v) is 18.5. The first-order valence-electron chi connectivity index (χ1n) is 23.5. The van der Waals surface area contributed by atoms with Crippen molar-refractivity contribution in [2.24, 2.45) is 0 Å². The van der Waals surface area contributed by atoms with Gasteiger partial charge in [-0.2, -0.15) is 0 Å². The molecule has 0 bridgehead atoms. The van der Waals surface area contributed by atoms with Gasteiger partial charge in [-0.3, -0.25) is 0 Å². The normalized spacial score (nSPS) is 13.2. The van der Waals surface area contributed by atoms with E-state index in [1.54, 1.807) is 0 Å². The van der Waals surface area contributed by atoms with Gasteiger partial charge in [-0.15, -0.1) is 0 Å². The van der Waals surface area contributed by atoms with E-state index in [1.807, 2.05) is 0 Å². The third kappa shape index (κ3) is 4.76. The Hall–Kier alpha value is -8.58. The van der Waals surface area contributed by atoms with Crippen LogP contribution in [0.2, 0.25) is 0 Å². The SMILES string of the molecule is c1ccc(-c2ccc(-c3c4ccccc4c(-c4cc5c(c6ccccc46)-c4c(c6ccccc6c6ccccc46)C54c5ccccc5-c5ccccc54)c4ccccc34)c3ccccc23)cc1. The summed E-state index contributed by atoms with van der Waals surface area (Å²) in [6.07, 6.45) is 0.